The monoisotopic (exact) mass is 486 g/mol. The third-order valence-corrected chi connectivity index (χ3v) is 5.57. The summed E-state index contributed by atoms with van der Waals surface area (Å²) < 4.78 is 11.0. The van der Waals surface area contributed by atoms with Gasteiger partial charge in [0.15, 0.2) is 6.61 Å². The van der Waals surface area contributed by atoms with E-state index in [1.807, 2.05) is 36.4 Å². The smallest absolute Gasteiger partial charge is 0.343 e. The zero-order valence-corrected chi connectivity index (χ0v) is 21.8. The molecule has 0 fully saturated rings. The van der Waals surface area contributed by atoms with Gasteiger partial charge in [-0.15, -0.1) is 0 Å². The maximum Gasteiger partial charge on any atom is 0.343 e. The maximum absolute atomic E-state index is 12.4. The van der Waals surface area contributed by atoms with Crippen LogP contribution < -0.4 is 14.9 Å². The number of nitrogens with one attached hydrogen (secondary N) is 1. The quantitative estimate of drug-likeness (QED) is 0.191. The van der Waals surface area contributed by atoms with Gasteiger partial charge in [0.25, 0.3) is 5.91 Å². The Morgan fingerprint density at radius 1 is 0.750 bits per heavy atom. The van der Waals surface area contributed by atoms with Gasteiger partial charge in [0.1, 0.15) is 11.5 Å². The van der Waals surface area contributed by atoms with Crippen LogP contribution >= 0.6 is 0 Å². The van der Waals surface area contributed by atoms with Gasteiger partial charge in [-0.1, -0.05) is 65.8 Å². The Morgan fingerprint density at radius 2 is 1.25 bits per heavy atom. The zero-order valence-electron chi connectivity index (χ0n) is 21.8. The van der Waals surface area contributed by atoms with Crippen LogP contribution in [0.3, 0.4) is 0 Å². The van der Waals surface area contributed by atoms with Crippen molar-refractivity contribution in [1.29, 1.82) is 0 Å². The van der Waals surface area contributed by atoms with Crippen LogP contribution in [0.5, 0.6) is 11.5 Å². The van der Waals surface area contributed by atoms with Gasteiger partial charge < -0.3 is 9.47 Å². The molecule has 36 heavy (non-hydrogen) atoms. The van der Waals surface area contributed by atoms with Crippen molar-refractivity contribution >= 4 is 18.1 Å². The van der Waals surface area contributed by atoms with Crippen LogP contribution in [0.25, 0.3) is 0 Å². The summed E-state index contributed by atoms with van der Waals surface area (Å²) in [7, 11) is 0. The molecule has 0 aliphatic rings. The van der Waals surface area contributed by atoms with Crippen LogP contribution in [-0.4, -0.2) is 24.7 Å². The third-order valence-electron chi connectivity index (χ3n) is 5.57. The number of esters is 1. The number of carbonyl (C=O) groups excluding carboxylic acids is 2. The number of benzene rings is 3. The molecular formula is C30H34N2O4. The fourth-order valence-electron chi connectivity index (χ4n) is 3.31. The Bertz CT molecular complexity index is 1200. The molecule has 3 aromatic carbocycles. The van der Waals surface area contributed by atoms with E-state index in [9.17, 15) is 9.59 Å². The summed E-state index contributed by atoms with van der Waals surface area (Å²) in [6.07, 6.45) is 1.51. The van der Waals surface area contributed by atoms with Gasteiger partial charge in [-0.2, -0.15) is 5.10 Å². The molecule has 1 amide bonds. The number of carbonyl (C=O) groups is 2. The number of ether oxygens (including phenoxy) is 2. The SMILES string of the molecule is CC(C)(C)c1ccc(OCC(=O)N/N=C\c2ccc(OC(=O)c3ccc(C(C)(C)C)cc3)cc2)cc1. The largest absolute Gasteiger partial charge is 0.484 e. The maximum atomic E-state index is 12.4. The lowest BCUT2D eigenvalue weighted by atomic mass is 9.87. The molecule has 0 saturated carbocycles. The molecule has 0 unspecified atom stereocenters. The molecule has 0 aromatic heterocycles. The summed E-state index contributed by atoms with van der Waals surface area (Å²) >= 11 is 0. The summed E-state index contributed by atoms with van der Waals surface area (Å²) in [5.41, 5.74) is 6.09. The van der Waals surface area contributed by atoms with Gasteiger partial charge in [-0.3, -0.25) is 4.79 Å². The normalized spacial score (nSPS) is 11.8. The van der Waals surface area contributed by atoms with E-state index in [-0.39, 0.29) is 23.3 Å². The summed E-state index contributed by atoms with van der Waals surface area (Å²) in [4.78, 5) is 24.4. The van der Waals surface area contributed by atoms with E-state index < -0.39 is 5.97 Å². The molecule has 0 saturated heterocycles. The Kier molecular flexibility index (Phi) is 8.30. The van der Waals surface area contributed by atoms with E-state index >= 15 is 0 Å². The van der Waals surface area contributed by atoms with Crippen molar-refractivity contribution in [3.8, 4) is 11.5 Å². The average molecular weight is 487 g/mol. The van der Waals surface area contributed by atoms with Gasteiger partial charge >= 0.3 is 5.97 Å². The molecule has 0 spiro atoms. The predicted octanol–water partition coefficient (Wildman–Crippen LogP) is 6.03. The highest BCUT2D eigenvalue weighted by molar-refractivity contribution is 5.91. The van der Waals surface area contributed by atoms with Crippen LogP contribution in [0.2, 0.25) is 0 Å². The standard InChI is InChI=1S/C30H34N2O4/c1-29(2,3)23-11-9-22(10-12-23)28(34)36-26-15-7-21(8-16-26)19-31-32-27(33)20-35-25-17-13-24(14-18-25)30(4,5)6/h7-19H,20H2,1-6H3,(H,32,33)/b31-19-. The van der Waals surface area contributed by atoms with Crippen LogP contribution in [0.15, 0.2) is 77.9 Å². The fourth-order valence-corrected chi connectivity index (χ4v) is 3.31. The number of hydrogen-bond donors (Lipinski definition) is 1. The van der Waals surface area contributed by atoms with Crippen LogP contribution in [0.4, 0.5) is 0 Å². The molecule has 188 valence electrons. The molecule has 0 radical (unpaired) electrons. The first-order chi connectivity index (χ1) is 16.9. The minimum absolute atomic E-state index is 0.0185. The van der Waals surface area contributed by atoms with Gasteiger partial charge in [0.05, 0.1) is 11.8 Å². The fraction of sp³-hybridized carbons (Fsp3) is 0.300. The number of amides is 1. The second kappa shape index (κ2) is 11.2. The molecular weight excluding hydrogens is 452 g/mol. The van der Waals surface area contributed by atoms with Crippen molar-refractivity contribution in [2.75, 3.05) is 6.61 Å². The average Bonchev–Trinajstić information content (AvgIpc) is 2.83. The molecule has 0 aliphatic carbocycles. The Balaban J connectivity index is 1.45. The highest BCUT2D eigenvalue weighted by Crippen LogP contribution is 2.24. The Hall–Kier alpha value is -3.93. The van der Waals surface area contributed by atoms with E-state index in [4.69, 9.17) is 9.47 Å². The molecule has 0 aliphatic heterocycles. The minimum Gasteiger partial charge on any atom is -0.484 e. The van der Waals surface area contributed by atoms with Gasteiger partial charge in [-0.25, -0.2) is 10.2 Å². The lowest BCUT2D eigenvalue weighted by Gasteiger charge is -2.19. The highest BCUT2D eigenvalue weighted by atomic mass is 16.5. The molecule has 1 N–H and O–H groups in total. The van der Waals surface area contributed by atoms with E-state index in [2.05, 4.69) is 52.1 Å². The topological polar surface area (TPSA) is 77.0 Å². The molecule has 6 nitrogen and oxygen atoms in total. The lowest BCUT2D eigenvalue weighted by Crippen LogP contribution is -2.24. The lowest BCUT2D eigenvalue weighted by molar-refractivity contribution is -0.123. The molecule has 0 heterocycles. The van der Waals surface area contributed by atoms with Crippen molar-refractivity contribution in [3.63, 3.8) is 0 Å². The van der Waals surface area contributed by atoms with Crippen molar-refractivity contribution in [2.24, 2.45) is 5.10 Å². The number of rotatable bonds is 7. The van der Waals surface area contributed by atoms with Crippen LogP contribution in [0, 0.1) is 0 Å². The highest BCUT2D eigenvalue weighted by Gasteiger charge is 2.15. The summed E-state index contributed by atoms with van der Waals surface area (Å²) in [5.74, 6) is 0.260. The Morgan fingerprint density at radius 3 is 1.78 bits per heavy atom. The summed E-state index contributed by atoms with van der Waals surface area (Å²) in [5, 5.41) is 3.95. The van der Waals surface area contributed by atoms with Gasteiger partial charge in [-0.05, 0) is 76.1 Å². The predicted molar refractivity (Wildman–Crippen MR) is 143 cm³/mol. The molecule has 0 atom stereocenters. The van der Waals surface area contributed by atoms with E-state index in [0.29, 0.717) is 17.1 Å². The Labute approximate surface area is 213 Å². The first-order valence-electron chi connectivity index (χ1n) is 11.9. The zero-order chi connectivity index (χ0) is 26.3. The first-order valence-corrected chi connectivity index (χ1v) is 11.9. The molecule has 0 bridgehead atoms. The molecule has 3 aromatic rings. The van der Waals surface area contributed by atoms with E-state index in [1.54, 1.807) is 36.4 Å². The molecule has 6 heteroatoms. The number of nitrogens with zero attached hydrogens (tertiary/aromatic N) is 1. The van der Waals surface area contributed by atoms with Crippen LogP contribution in [0.1, 0.15) is 68.6 Å². The first kappa shape index (κ1) is 26.7. The van der Waals surface area contributed by atoms with E-state index in [1.165, 1.54) is 11.8 Å². The van der Waals surface area contributed by atoms with Crippen molar-refractivity contribution in [2.45, 2.75) is 52.4 Å². The van der Waals surface area contributed by atoms with Crippen molar-refractivity contribution < 1.29 is 19.1 Å². The van der Waals surface area contributed by atoms with Gasteiger partial charge in [0.2, 0.25) is 0 Å². The summed E-state index contributed by atoms with van der Waals surface area (Å²) in [6.45, 7) is 12.6. The minimum atomic E-state index is -0.419. The van der Waals surface area contributed by atoms with Crippen molar-refractivity contribution in [3.05, 3.63) is 95.1 Å². The van der Waals surface area contributed by atoms with Crippen molar-refractivity contribution in [1.82, 2.24) is 5.43 Å². The molecule has 3 rings (SSSR count). The summed E-state index contributed by atoms with van der Waals surface area (Å²) in [6, 6.07) is 22.0. The van der Waals surface area contributed by atoms with Crippen LogP contribution in [-0.2, 0) is 15.6 Å². The van der Waals surface area contributed by atoms with Gasteiger partial charge in [0, 0.05) is 0 Å². The van der Waals surface area contributed by atoms with E-state index in [0.717, 1.165) is 11.1 Å². The second-order valence-electron chi connectivity index (χ2n) is 10.6. The third kappa shape index (κ3) is 7.80. The number of hydrazone groups is 1. The second-order valence-corrected chi connectivity index (χ2v) is 10.6. The number of hydrogen-bond acceptors (Lipinski definition) is 5.